The zero-order chi connectivity index (χ0) is 21.4. The van der Waals surface area contributed by atoms with E-state index in [-0.39, 0.29) is 34.9 Å². The molecule has 30 heavy (non-hydrogen) atoms. The maximum absolute atomic E-state index is 10.3. The highest BCUT2D eigenvalue weighted by atomic mass is 16.5. The predicted molar refractivity (Wildman–Crippen MR) is 113 cm³/mol. The lowest BCUT2D eigenvalue weighted by molar-refractivity contribution is 0.122. The highest BCUT2D eigenvalue weighted by molar-refractivity contribution is 5.86. The van der Waals surface area contributed by atoms with E-state index in [1.54, 1.807) is 6.20 Å². The fourth-order valence-electron chi connectivity index (χ4n) is 3.64. The molecule has 0 amide bonds. The summed E-state index contributed by atoms with van der Waals surface area (Å²) in [5, 5.41) is 22.9. The third-order valence-electron chi connectivity index (χ3n) is 5.13. The van der Waals surface area contributed by atoms with Crippen molar-refractivity contribution >= 4 is 34.3 Å². The van der Waals surface area contributed by atoms with E-state index in [4.69, 9.17) is 21.2 Å². The molecule has 0 aromatic carbocycles. The topological polar surface area (TPSA) is 164 Å². The van der Waals surface area contributed by atoms with Gasteiger partial charge in [-0.05, 0) is 13.0 Å². The largest absolute Gasteiger partial charge is 0.504 e. The van der Waals surface area contributed by atoms with Crippen molar-refractivity contribution in [2.45, 2.75) is 13.0 Å². The first-order chi connectivity index (χ1) is 14.4. The van der Waals surface area contributed by atoms with Crippen molar-refractivity contribution in [2.24, 2.45) is 7.05 Å². The van der Waals surface area contributed by atoms with Crippen molar-refractivity contribution in [3.8, 4) is 11.8 Å². The molecule has 1 unspecified atom stereocenters. The molecule has 0 saturated carbocycles. The van der Waals surface area contributed by atoms with Gasteiger partial charge < -0.3 is 36.1 Å². The summed E-state index contributed by atoms with van der Waals surface area (Å²) < 4.78 is 7.32. The minimum Gasteiger partial charge on any atom is -0.504 e. The van der Waals surface area contributed by atoms with Crippen LogP contribution in [0.25, 0.3) is 11.0 Å². The summed E-state index contributed by atoms with van der Waals surface area (Å²) in [5.74, 6) is 0.320. The number of morpholine rings is 1. The molecule has 0 spiro atoms. The SMILES string of the molecule is CC(Nc1nc(N)nc(N)c1C#N)c1nc2c(O)cn(C)c2cc1N1CCOCC1. The van der Waals surface area contributed by atoms with Gasteiger partial charge in [-0.1, -0.05) is 0 Å². The summed E-state index contributed by atoms with van der Waals surface area (Å²) in [5.41, 5.74) is 14.6. The molecule has 3 aromatic rings. The number of nitrogen functional groups attached to an aromatic ring is 2. The molecule has 0 bridgehead atoms. The number of aromatic nitrogens is 4. The number of nitrogens with one attached hydrogen (secondary N) is 1. The molecule has 6 N–H and O–H groups in total. The van der Waals surface area contributed by atoms with Gasteiger partial charge in [-0.25, -0.2) is 4.98 Å². The summed E-state index contributed by atoms with van der Waals surface area (Å²) in [7, 11) is 1.86. The minimum atomic E-state index is -0.368. The van der Waals surface area contributed by atoms with Gasteiger partial charge in [0, 0.05) is 26.3 Å². The molecule has 11 heteroatoms. The number of nitrogens with two attached hydrogens (primary N) is 2. The van der Waals surface area contributed by atoms with Crippen LogP contribution in [-0.4, -0.2) is 50.9 Å². The average Bonchev–Trinajstić information content (AvgIpc) is 3.00. The number of nitriles is 1. The molecular weight excluding hydrogens is 386 g/mol. The van der Waals surface area contributed by atoms with E-state index >= 15 is 0 Å². The van der Waals surface area contributed by atoms with E-state index in [1.807, 2.05) is 30.7 Å². The molecule has 4 heterocycles. The second kappa shape index (κ2) is 7.57. The fourth-order valence-corrected chi connectivity index (χ4v) is 3.64. The van der Waals surface area contributed by atoms with Crippen LogP contribution < -0.4 is 21.7 Å². The van der Waals surface area contributed by atoms with Gasteiger partial charge in [0.05, 0.1) is 36.2 Å². The van der Waals surface area contributed by atoms with Crippen LogP contribution in [0.3, 0.4) is 0 Å². The fraction of sp³-hybridized carbons (Fsp3) is 0.368. The van der Waals surface area contributed by atoms with Crippen molar-refractivity contribution in [3.05, 3.63) is 23.5 Å². The second-order valence-electron chi connectivity index (χ2n) is 7.15. The summed E-state index contributed by atoms with van der Waals surface area (Å²) in [6, 6.07) is 3.65. The number of ether oxygens (including phenoxy) is 1. The van der Waals surface area contributed by atoms with E-state index < -0.39 is 0 Å². The molecule has 0 radical (unpaired) electrons. The Balaban J connectivity index is 1.80. The Bertz CT molecular complexity index is 1150. The number of anilines is 4. The van der Waals surface area contributed by atoms with Gasteiger partial charge in [-0.15, -0.1) is 0 Å². The Morgan fingerprint density at radius 1 is 1.27 bits per heavy atom. The number of rotatable bonds is 4. The Kier molecular flexibility index (Phi) is 4.93. The molecule has 3 aromatic heterocycles. The van der Waals surface area contributed by atoms with Crippen LogP contribution >= 0.6 is 0 Å². The van der Waals surface area contributed by atoms with Gasteiger partial charge in [0.15, 0.2) is 11.6 Å². The molecule has 0 aliphatic carbocycles. The highest BCUT2D eigenvalue weighted by Crippen LogP contribution is 2.35. The zero-order valence-corrected chi connectivity index (χ0v) is 16.8. The van der Waals surface area contributed by atoms with E-state index in [0.717, 1.165) is 24.3 Å². The number of aromatic hydroxyl groups is 1. The normalized spacial score (nSPS) is 15.2. The van der Waals surface area contributed by atoms with Crippen molar-refractivity contribution in [2.75, 3.05) is 48.0 Å². The number of aryl methyl sites for hydroxylation is 1. The van der Waals surface area contributed by atoms with Crippen LogP contribution in [0.5, 0.6) is 5.75 Å². The van der Waals surface area contributed by atoms with Crippen molar-refractivity contribution in [1.29, 1.82) is 5.26 Å². The number of nitrogens with zero attached hydrogens (tertiary/aromatic N) is 6. The summed E-state index contributed by atoms with van der Waals surface area (Å²) >= 11 is 0. The quantitative estimate of drug-likeness (QED) is 0.490. The van der Waals surface area contributed by atoms with Crippen LogP contribution in [0.1, 0.15) is 24.2 Å². The molecule has 1 atom stereocenters. The first kappa shape index (κ1) is 19.5. The summed E-state index contributed by atoms with van der Waals surface area (Å²) in [6.45, 7) is 4.58. The van der Waals surface area contributed by atoms with Gasteiger partial charge in [-0.2, -0.15) is 15.2 Å². The highest BCUT2D eigenvalue weighted by Gasteiger charge is 2.24. The van der Waals surface area contributed by atoms with Gasteiger partial charge in [0.2, 0.25) is 5.95 Å². The Labute approximate surface area is 172 Å². The smallest absolute Gasteiger partial charge is 0.224 e. The van der Waals surface area contributed by atoms with Crippen LogP contribution in [0.4, 0.5) is 23.3 Å². The summed E-state index contributed by atoms with van der Waals surface area (Å²) in [4.78, 5) is 14.9. The van der Waals surface area contributed by atoms with E-state index in [1.165, 1.54) is 0 Å². The van der Waals surface area contributed by atoms with E-state index in [0.29, 0.717) is 24.4 Å². The molecule has 4 rings (SSSR count). The number of hydrogen-bond donors (Lipinski definition) is 4. The van der Waals surface area contributed by atoms with Gasteiger partial charge in [0.25, 0.3) is 0 Å². The third-order valence-corrected chi connectivity index (χ3v) is 5.13. The van der Waals surface area contributed by atoms with Gasteiger partial charge >= 0.3 is 0 Å². The Morgan fingerprint density at radius 3 is 2.70 bits per heavy atom. The van der Waals surface area contributed by atoms with Crippen LogP contribution in [0.15, 0.2) is 12.3 Å². The maximum atomic E-state index is 10.3. The zero-order valence-electron chi connectivity index (χ0n) is 16.8. The predicted octanol–water partition coefficient (Wildman–Crippen LogP) is 1.11. The van der Waals surface area contributed by atoms with Crippen LogP contribution in [0.2, 0.25) is 0 Å². The molecule has 1 fully saturated rings. The van der Waals surface area contributed by atoms with E-state index in [2.05, 4.69) is 20.2 Å². The Morgan fingerprint density at radius 2 is 2.00 bits per heavy atom. The molecule has 1 saturated heterocycles. The molecule has 1 aliphatic rings. The molecule has 1 aliphatic heterocycles. The lowest BCUT2D eigenvalue weighted by Crippen LogP contribution is -2.37. The monoisotopic (exact) mass is 409 g/mol. The van der Waals surface area contributed by atoms with Crippen LogP contribution in [-0.2, 0) is 11.8 Å². The standard InChI is InChI=1S/C19H23N9O2/c1-10(23-18-11(8-20)17(21)25-19(22)26-18)15-13(28-3-5-30-6-4-28)7-12-16(24-15)14(29)9-27(12)2/h7,9-10,29H,3-6H2,1-2H3,(H5,21,22,23,25,26). The first-order valence-electron chi connectivity index (χ1n) is 9.50. The Hall–Kier alpha value is -3.78. The van der Waals surface area contributed by atoms with E-state index in [9.17, 15) is 10.4 Å². The lowest BCUT2D eigenvalue weighted by Gasteiger charge is -2.31. The second-order valence-corrected chi connectivity index (χ2v) is 7.15. The average molecular weight is 409 g/mol. The van der Waals surface area contributed by atoms with Crippen molar-refractivity contribution in [3.63, 3.8) is 0 Å². The van der Waals surface area contributed by atoms with Gasteiger partial charge in [-0.3, -0.25) is 0 Å². The number of pyridine rings is 1. The maximum Gasteiger partial charge on any atom is 0.224 e. The molecular formula is C19H23N9O2. The first-order valence-corrected chi connectivity index (χ1v) is 9.50. The van der Waals surface area contributed by atoms with Crippen LogP contribution in [0, 0.1) is 11.3 Å². The lowest BCUT2D eigenvalue weighted by atomic mass is 10.1. The van der Waals surface area contributed by atoms with Crippen molar-refractivity contribution in [1.82, 2.24) is 19.5 Å². The molecule has 11 nitrogen and oxygen atoms in total. The number of fused-ring (bicyclic) bond motifs is 1. The summed E-state index contributed by atoms with van der Waals surface area (Å²) in [6.07, 6.45) is 1.63. The van der Waals surface area contributed by atoms with Crippen molar-refractivity contribution < 1.29 is 9.84 Å². The molecule has 156 valence electrons. The minimum absolute atomic E-state index is 0.0113. The van der Waals surface area contributed by atoms with Gasteiger partial charge in [0.1, 0.15) is 23.0 Å². The third kappa shape index (κ3) is 3.37. The number of hydrogen-bond acceptors (Lipinski definition) is 10.